The average Bonchev–Trinajstić information content (AvgIpc) is 3.19. The van der Waals surface area contributed by atoms with Crippen molar-refractivity contribution in [2.45, 2.75) is 145 Å². The Morgan fingerprint density at radius 2 is 0.947 bits per heavy atom. The van der Waals surface area contributed by atoms with E-state index in [1.807, 2.05) is 20.8 Å². The molecule has 0 aromatic carbocycles. The van der Waals surface area contributed by atoms with Crippen molar-refractivity contribution in [3.63, 3.8) is 0 Å². The molecule has 2 unspecified atom stereocenters. The van der Waals surface area contributed by atoms with E-state index in [4.69, 9.17) is 60.9 Å². The monoisotopic (exact) mass is 841 g/mol. The molecule has 0 aromatic rings. The van der Waals surface area contributed by atoms with E-state index in [0.29, 0.717) is 38.7 Å². The minimum absolute atomic E-state index is 0.00287. The highest BCUT2D eigenvalue weighted by molar-refractivity contribution is 5.76. The first kappa shape index (κ1) is 72.6. The van der Waals surface area contributed by atoms with Crippen molar-refractivity contribution in [1.82, 2.24) is 0 Å². The van der Waals surface area contributed by atoms with Gasteiger partial charge in [-0.25, -0.2) is 0 Å². The van der Waals surface area contributed by atoms with Crippen LogP contribution in [0.2, 0.25) is 0 Å². The zero-order valence-corrected chi connectivity index (χ0v) is 36.9. The summed E-state index contributed by atoms with van der Waals surface area (Å²) in [6.07, 6.45) is 6.54. The van der Waals surface area contributed by atoms with Gasteiger partial charge in [0.25, 0.3) is 0 Å². The summed E-state index contributed by atoms with van der Waals surface area (Å²) in [6, 6.07) is 0. The van der Waals surface area contributed by atoms with Crippen molar-refractivity contribution < 1.29 is 84.8 Å². The summed E-state index contributed by atoms with van der Waals surface area (Å²) in [4.78, 5) is 40.6. The quantitative estimate of drug-likeness (QED) is 0.0485. The number of esters is 1. The van der Waals surface area contributed by atoms with Gasteiger partial charge in [0.1, 0.15) is 24.0 Å². The van der Waals surface area contributed by atoms with E-state index in [9.17, 15) is 19.2 Å². The molecule has 17 nitrogen and oxygen atoms in total. The van der Waals surface area contributed by atoms with E-state index in [-0.39, 0.29) is 101 Å². The van der Waals surface area contributed by atoms with Gasteiger partial charge in [-0.1, -0.05) is 40.5 Å². The number of unbranched alkanes of at least 4 members (excludes halogenated alkanes) is 1. The lowest BCUT2D eigenvalue weighted by Gasteiger charge is -2.05. The summed E-state index contributed by atoms with van der Waals surface area (Å²) >= 11 is 0. The number of hydrogen-bond acceptors (Lipinski definition) is 17. The number of hydrogen-bond donors (Lipinski definition) is 11. The summed E-state index contributed by atoms with van der Waals surface area (Å²) in [5, 5.41) is 91.7. The van der Waals surface area contributed by atoms with Crippen LogP contribution in [0.1, 0.15) is 133 Å². The Morgan fingerprint density at radius 1 is 0.491 bits per heavy atom. The molecule has 0 bridgehead atoms. The normalized spacial score (nSPS) is 10.5. The standard InChI is InChI=1S/2C6H12O3.C5H10O2.2C5H12O2.C5H12O.C4H8O3.C4H10O/c1-5(9)2-6(3-7)4-8;1-5(8)2-3-6(9)4-7;1-5(7)3-2-4-6;1-2-5(3-6)4-7;1-2-3-5(7)4-6;1-3-5-6-4-2;1-4(6)7-3-2-5;1-2-3-4-5/h6-8H,2-4H2,1H3;6-7,9H,2-4H2,1H3;6H,2-4H2,1H3;2*5-7H,2-4H2,1H3;3-5H2,1-2H3;5H,2-3H2,1H3;5H,2-4H2,1H3. The Labute approximate surface area is 344 Å². The zero-order chi connectivity index (χ0) is 46.3. The predicted molar refractivity (Wildman–Crippen MR) is 221 cm³/mol. The highest BCUT2D eigenvalue weighted by atomic mass is 16.5. The van der Waals surface area contributed by atoms with Gasteiger partial charge in [0, 0.05) is 90.9 Å². The second-order valence-electron chi connectivity index (χ2n) is 12.3. The number of carbonyl (C=O) groups excluding carboxylic acids is 4. The first-order valence-corrected chi connectivity index (χ1v) is 19.9. The second-order valence-corrected chi connectivity index (χ2v) is 12.3. The van der Waals surface area contributed by atoms with Crippen LogP contribution in [0.4, 0.5) is 0 Å². The Balaban J connectivity index is -0.0000000807. The minimum Gasteiger partial charge on any atom is -0.463 e. The molecule has 0 saturated carbocycles. The Bertz CT molecular complexity index is 720. The molecule has 0 aromatic heterocycles. The molecule has 0 saturated heterocycles. The molecule has 2 atom stereocenters. The molecule has 0 spiro atoms. The number of aliphatic hydroxyl groups is 11. The first-order valence-electron chi connectivity index (χ1n) is 19.9. The number of ketones is 3. The molecule has 0 fully saturated rings. The lowest BCUT2D eigenvalue weighted by atomic mass is 10.1. The zero-order valence-electron chi connectivity index (χ0n) is 36.9. The fraction of sp³-hybridized carbons (Fsp3) is 0.900. The maximum absolute atomic E-state index is 10.3. The van der Waals surface area contributed by atoms with E-state index in [1.165, 1.54) is 27.7 Å². The second kappa shape index (κ2) is 68.7. The molecular weight excluding hydrogens is 752 g/mol. The van der Waals surface area contributed by atoms with E-state index in [1.54, 1.807) is 0 Å². The molecule has 0 aliphatic rings. The molecule has 0 aliphatic carbocycles. The Morgan fingerprint density at radius 3 is 1.09 bits per heavy atom. The fourth-order valence-electron chi connectivity index (χ4n) is 2.76. The van der Waals surface area contributed by atoms with Crippen LogP contribution in [0.15, 0.2) is 0 Å². The largest absolute Gasteiger partial charge is 0.463 e. The molecule has 11 N–H and O–H groups in total. The molecule has 17 heteroatoms. The summed E-state index contributed by atoms with van der Waals surface area (Å²) in [6.45, 7) is 17.7. The van der Waals surface area contributed by atoms with E-state index in [0.717, 1.165) is 45.3 Å². The fourth-order valence-corrected chi connectivity index (χ4v) is 2.76. The molecular formula is C40H88O17. The lowest BCUT2D eigenvalue weighted by Crippen LogP contribution is -2.14. The van der Waals surface area contributed by atoms with Crippen LogP contribution in [-0.2, 0) is 28.7 Å². The summed E-state index contributed by atoms with van der Waals surface area (Å²) in [5.74, 6) is -0.323. The van der Waals surface area contributed by atoms with E-state index in [2.05, 4.69) is 18.6 Å². The molecule has 0 rings (SSSR count). The number of Topliss-reactive ketones (excluding diaryl/α,β-unsaturated/α-hetero) is 3. The maximum Gasteiger partial charge on any atom is 0.302 e. The van der Waals surface area contributed by atoms with Crippen LogP contribution in [0.25, 0.3) is 0 Å². The molecule has 0 amide bonds. The Hall–Kier alpha value is -2.00. The van der Waals surface area contributed by atoms with Gasteiger partial charge in [-0.2, -0.15) is 0 Å². The Kier molecular flexibility index (Phi) is 87.5. The van der Waals surface area contributed by atoms with E-state index < -0.39 is 12.2 Å². The van der Waals surface area contributed by atoms with Gasteiger partial charge >= 0.3 is 5.97 Å². The van der Waals surface area contributed by atoms with Crippen molar-refractivity contribution in [2.75, 3.05) is 79.3 Å². The van der Waals surface area contributed by atoms with Gasteiger partial charge in [0.2, 0.25) is 0 Å². The number of rotatable bonds is 24. The number of ether oxygens (including phenoxy) is 2. The number of carbonyl (C=O) groups is 4. The highest BCUT2D eigenvalue weighted by Crippen LogP contribution is 2.00. The molecule has 0 heterocycles. The van der Waals surface area contributed by atoms with Crippen LogP contribution in [0.5, 0.6) is 0 Å². The van der Waals surface area contributed by atoms with Crippen molar-refractivity contribution in [3.05, 3.63) is 0 Å². The number of aliphatic hydroxyl groups excluding tert-OH is 11. The summed E-state index contributed by atoms with van der Waals surface area (Å²) < 4.78 is 9.28. The SMILES string of the molecule is CC(=O)CC(CO)CO.CC(=O)CCC(O)CO.CC(=O)CCCO.CC(=O)OCCO.CCC(CO)CO.CCCC(O)CO.CCCCO.CCCOCC. The average molecular weight is 841 g/mol. The third-order valence-electron chi connectivity index (χ3n) is 6.21. The van der Waals surface area contributed by atoms with E-state index >= 15 is 0 Å². The van der Waals surface area contributed by atoms with Crippen LogP contribution in [0.3, 0.4) is 0 Å². The highest BCUT2D eigenvalue weighted by Gasteiger charge is 2.07. The molecule has 0 aliphatic heterocycles. The van der Waals surface area contributed by atoms with Gasteiger partial charge < -0.3 is 80.0 Å². The predicted octanol–water partition coefficient (Wildman–Crippen LogP) is 1.51. The molecule has 57 heavy (non-hydrogen) atoms. The van der Waals surface area contributed by atoms with Gasteiger partial charge in [0.15, 0.2) is 0 Å². The van der Waals surface area contributed by atoms with Crippen LogP contribution in [0, 0.1) is 11.8 Å². The third kappa shape index (κ3) is 107. The molecule has 350 valence electrons. The van der Waals surface area contributed by atoms with Crippen molar-refractivity contribution >= 4 is 23.3 Å². The van der Waals surface area contributed by atoms with Crippen LogP contribution in [-0.4, -0.2) is 171 Å². The lowest BCUT2D eigenvalue weighted by molar-refractivity contribution is -0.142. The topological polar surface area (TPSA) is 309 Å². The third-order valence-corrected chi connectivity index (χ3v) is 6.21. The summed E-state index contributed by atoms with van der Waals surface area (Å²) in [5.41, 5.74) is 0. The smallest absolute Gasteiger partial charge is 0.302 e. The van der Waals surface area contributed by atoms with Crippen molar-refractivity contribution in [1.29, 1.82) is 0 Å². The summed E-state index contributed by atoms with van der Waals surface area (Å²) in [7, 11) is 0. The molecule has 0 radical (unpaired) electrons. The van der Waals surface area contributed by atoms with Gasteiger partial charge in [0.05, 0.1) is 32.0 Å². The van der Waals surface area contributed by atoms with Gasteiger partial charge in [-0.3, -0.25) is 4.79 Å². The van der Waals surface area contributed by atoms with Gasteiger partial charge in [-0.15, -0.1) is 0 Å². The van der Waals surface area contributed by atoms with Crippen molar-refractivity contribution in [2.24, 2.45) is 11.8 Å². The first-order chi connectivity index (χ1) is 26.9. The van der Waals surface area contributed by atoms with Crippen LogP contribution < -0.4 is 0 Å². The maximum atomic E-state index is 10.3. The minimum atomic E-state index is -0.728. The van der Waals surface area contributed by atoms with Gasteiger partial charge in [-0.05, 0) is 66.2 Å². The van der Waals surface area contributed by atoms with Crippen molar-refractivity contribution in [3.8, 4) is 0 Å². The van der Waals surface area contributed by atoms with Crippen LogP contribution >= 0.6 is 0 Å².